The van der Waals surface area contributed by atoms with Crippen molar-refractivity contribution in [1.29, 1.82) is 0 Å². The largest absolute Gasteiger partial charge is 0.463 e. The van der Waals surface area contributed by atoms with Gasteiger partial charge in [-0.1, -0.05) is 19.4 Å². The van der Waals surface area contributed by atoms with Gasteiger partial charge in [-0.25, -0.2) is 4.79 Å². The van der Waals surface area contributed by atoms with Gasteiger partial charge in [0.25, 0.3) is 0 Å². The van der Waals surface area contributed by atoms with Gasteiger partial charge in [0, 0.05) is 17.4 Å². The van der Waals surface area contributed by atoms with Gasteiger partial charge >= 0.3 is 5.97 Å². The van der Waals surface area contributed by atoms with E-state index in [0.717, 1.165) is 13.2 Å². The number of carbonyl (C=O) groups excluding carboxylic acids is 1. The van der Waals surface area contributed by atoms with Crippen molar-refractivity contribution < 1.29 is 14.3 Å². The van der Waals surface area contributed by atoms with Crippen molar-refractivity contribution in [2.45, 2.75) is 20.8 Å². The van der Waals surface area contributed by atoms with Crippen molar-refractivity contribution in [3.05, 3.63) is 11.6 Å². The second-order valence-corrected chi connectivity index (χ2v) is 4.69. The number of esters is 1. The first kappa shape index (κ1) is 10.7. The Kier molecular flexibility index (Phi) is 2.59. The van der Waals surface area contributed by atoms with Crippen LogP contribution < -0.4 is 0 Å². The van der Waals surface area contributed by atoms with Crippen LogP contribution in [0.5, 0.6) is 0 Å². The molecule has 15 heavy (non-hydrogen) atoms. The van der Waals surface area contributed by atoms with Crippen molar-refractivity contribution in [2.75, 3.05) is 19.8 Å². The van der Waals surface area contributed by atoms with E-state index in [-0.39, 0.29) is 11.4 Å². The van der Waals surface area contributed by atoms with Crippen molar-refractivity contribution in [3.63, 3.8) is 0 Å². The monoisotopic (exact) mass is 210 g/mol. The predicted molar refractivity (Wildman–Crippen MR) is 56.3 cm³/mol. The summed E-state index contributed by atoms with van der Waals surface area (Å²) in [6.45, 7) is 8.23. The molecular weight excluding hydrogens is 192 g/mol. The molecular formula is C12H18O3. The van der Waals surface area contributed by atoms with Crippen molar-refractivity contribution in [1.82, 2.24) is 0 Å². The summed E-state index contributed by atoms with van der Waals surface area (Å²) in [7, 11) is 0. The Bertz CT molecular complexity index is 308. The molecule has 0 N–H and O–H groups in total. The Morgan fingerprint density at radius 1 is 1.73 bits per heavy atom. The van der Waals surface area contributed by atoms with Gasteiger partial charge in [0.2, 0.25) is 0 Å². The van der Waals surface area contributed by atoms with Gasteiger partial charge in [0.1, 0.15) is 0 Å². The Morgan fingerprint density at radius 3 is 3.13 bits per heavy atom. The molecule has 0 amide bonds. The lowest BCUT2D eigenvalue weighted by Crippen LogP contribution is -2.47. The molecule has 2 aliphatic rings. The molecule has 3 heteroatoms. The van der Waals surface area contributed by atoms with E-state index >= 15 is 0 Å². The number of hydrogen-bond donors (Lipinski definition) is 0. The summed E-state index contributed by atoms with van der Waals surface area (Å²) in [6.07, 6.45) is 1.66. The predicted octanol–water partition coefficient (Wildman–Crippen LogP) is 1.78. The van der Waals surface area contributed by atoms with E-state index in [4.69, 9.17) is 9.47 Å². The van der Waals surface area contributed by atoms with Gasteiger partial charge in [0.15, 0.2) is 0 Å². The van der Waals surface area contributed by atoms with Crippen LogP contribution in [0.15, 0.2) is 11.6 Å². The maximum absolute atomic E-state index is 11.3. The Hall–Kier alpha value is -0.830. The number of ether oxygens (including phenoxy) is 2. The lowest BCUT2D eigenvalue weighted by molar-refractivity contribution is -0.137. The Morgan fingerprint density at radius 2 is 2.47 bits per heavy atom. The van der Waals surface area contributed by atoms with Gasteiger partial charge in [-0.05, 0) is 12.8 Å². The second kappa shape index (κ2) is 3.63. The van der Waals surface area contributed by atoms with Gasteiger partial charge < -0.3 is 9.47 Å². The standard InChI is InChI=1S/C12H18O3/c1-4-15-11(13)5-9-8(2)12(3)7-14-6-10(9)12/h5,8,10H,4,6-7H2,1-3H3/b9-5-/t8-,10+,12-/m1/s1. The molecule has 1 aliphatic carbocycles. The highest BCUT2D eigenvalue weighted by molar-refractivity contribution is 5.83. The average Bonchev–Trinajstić information content (AvgIpc) is 2.54. The minimum absolute atomic E-state index is 0.215. The molecule has 0 bridgehead atoms. The van der Waals surface area contributed by atoms with E-state index in [1.54, 1.807) is 6.08 Å². The van der Waals surface area contributed by atoms with Crippen LogP contribution in [0.1, 0.15) is 20.8 Å². The molecule has 0 aromatic heterocycles. The van der Waals surface area contributed by atoms with Crippen LogP contribution in [0.3, 0.4) is 0 Å². The normalized spacial score (nSPS) is 41.1. The molecule has 0 aromatic rings. The summed E-state index contributed by atoms with van der Waals surface area (Å²) in [6, 6.07) is 0. The first-order valence-corrected chi connectivity index (χ1v) is 5.55. The first-order chi connectivity index (χ1) is 7.09. The zero-order valence-electron chi connectivity index (χ0n) is 9.58. The first-order valence-electron chi connectivity index (χ1n) is 5.55. The van der Waals surface area contributed by atoms with E-state index < -0.39 is 0 Å². The van der Waals surface area contributed by atoms with Gasteiger partial charge in [-0.15, -0.1) is 0 Å². The molecule has 1 saturated carbocycles. The highest BCUT2D eigenvalue weighted by Crippen LogP contribution is 2.58. The van der Waals surface area contributed by atoms with E-state index in [9.17, 15) is 4.79 Å². The number of rotatable bonds is 2. The van der Waals surface area contributed by atoms with Crippen molar-refractivity contribution in [3.8, 4) is 0 Å². The van der Waals surface area contributed by atoms with Crippen LogP contribution in [0.25, 0.3) is 0 Å². The molecule has 2 rings (SSSR count). The molecule has 0 unspecified atom stereocenters. The molecule has 0 aromatic carbocycles. The zero-order valence-corrected chi connectivity index (χ0v) is 9.58. The topological polar surface area (TPSA) is 35.5 Å². The van der Waals surface area contributed by atoms with Crippen molar-refractivity contribution in [2.24, 2.45) is 17.3 Å². The molecule has 3 nitrogen and oxygen atoms in total. The van der Waals surface area contributed by atoms with E-state index in [1.165, 1.54) is 5.57 Å². The van der Waals surface area contributed by atoms with Crippen LogP contribution in [0, 0.1) is 17.3 Å². The van der Waals surface area contributed by atoms with Crippen molar-refractivity contribution >= 4 is 5.97 Å². The summed E-state index contributed by atoms with van der Waals surface area (Å²) in [4.78, 5) is 11.3. The van der Waals surface area contributed by atoms with Crippen LogP contribution >= 0.6 is 0 Å². The quantitative estimate of drug-likeness (QED) is 0.515. The van der Waals surface area contributed by atoms with Gasteiger partial charge in [-0.2, -0.15) is 0 Å². The minimum atomic E-state index is -0.215. The number of hydrogen-bond acceptors (Lipinski definition) is 3. The van der Waals surface area contributed by atoms with Gasteiger partial charge in [-0.3, -0.25) is 0 Å². The molecule has 1 heterocycles. The maximum atomic E-state index is 11.3. The fourth-order valence-corrected chi connectivity index (χ4v) is 2.72. The molecule has 3 atom stereocenters. The molecule has 1 aliphatic heterocycles. The number of fused-ring (bicyclic) bond motifs is 1. The lowest BCUT2D eigenvalue weighted by Gasteiger charge is -2.49. The third kappa shape index (κ3) is 1.49. The third-order valence-electron chi connectivity index (χ3n) is 3.96. The molecule has 0 radical (unpaired) electrons. The van der Waals surface area contributed by atoms with Crippen LogP contribution in [-0.2, 0) is 14.3 Å². The number of carbonyl (C=O) groups is 1. The summed E-state index contributed by atoms with van der Waals surface area (Å²) in [5.74, 6) is 0.652. The fraction of sp³-hybridized carbons (Fsp3) is 0.750. The summed E-state index contributed by atoms with van der Waals surface area (Å²) in [5, 5.41) is 0. The van der Waals surface area contributed by atoms with Crippen LogP contribution in [0.2, 0.25) is 0 Å². The minimum Gasteiger partial charge on any atom is -0.463 e. The van der Waals surface area contributed by atoms with E-state index in [1.807, 2.05) is 6.92 Å². The smallest absolute Gasteiger partial charge is 0.330 e. The molecule has 2 fully saturated rings. The SMILES string of the molecule is CCOC(=O)/C=C1/[C@@H](C)[C@@]2(C)COC[C@@H]12. The molecule has 1 saturated heterocycles. The highest BCUT2D eigenvalue weighted by Gasteiger charge is 2.56. The Balaban J connectivity index is 2.10. The van der Waals surface area contributed by atoms with E-state index in [0.29, 0.717) is 18.4 Å². The zero-order chi connectivity index (χ0) is 11.1. The van der Waals surface area contributed by atoms with Crippen LogP contribution in [-0.4, -0.2) is 25.8 Å². The lowest BCUT2D eigenvalue weighted by atomic mass is 9.53. The third-order valence-corrected chi connectivity index (χ3v) is 3.96. The molecule has 0 spiro atoms. The fourth-order valence-electron chi connectivity index (χ4n) is 2.72. The molecule has 84 valence electrons. The summed E-state index contributed by atoms with van der Waals surface area (Å²) in [5.41, 5.74) is 1.45. The highest BCUT2D eigenvalue weighted by atomic mass is 16.5. The second-order valence-electron chi connectivity index (χ2n) is 4.69. The average molecular weight is 210 g/mol. The van der Waals surface area contributed by atoms with Crippen LogP contribution in [0.4, 0.5) is 0 Å². The Labute approximate surface area is 90.4 Å². The maximum Gasteiger partial charge on any atom is 0.330 e. The summed E-state index contributed by atoms with van der Waals surface area (Å²) >= 11 is 0. The summed E-state index contributed by atoms with van der Waals surface area (Å²) < 4.78 is 10.4. The van der Waals surface area contributed by atoms with Gasteiger partial charge in [0.05, 0.1) is 19.8 Å². The van der Waals surface area contributed by atoms with E-state index in [2.05, 4.69) is 13.8 Å².